The summed E-state index contributed by atoms with van der Waals surface area (Å²) < 4.78 is 4.97. The Hall–Kier alpha value is -1.56. The molecule has 90 valence electrons. The molecular weight excluding hydrogens is 210 g/mol. The van der Waals surface area contributed by atoms with E-state index in [0.717, 1.165) is 6.42 Å². The molecule has 0 spiro atoms. The Morgan fingerprint density at radius 2 is 2.44 bits per heavy atom. The van der Waals surface area contributed by atoms with Gasteiger partial charge < -0.3 is 20.1 Å². The standard InChI is InChI=1S/C10H17N3O3/c1-3-7(4-5-14)13-9-8(16-2)10(15)12-6-11-9/h6-7,14H,3-5H2,1-2H3,(H2,11,12,13,15). The number of aliphatic hydroxyl groups excluding tert-OH is 1. The van der Waals surface area contributed by atoms with Gasteiger partial charge in [0.25, 0.3) is 5.56 Å². The number of rotatable bonds is 6. The Morgan fingerprint density at radius 1 is 1.69 bits per heavy atom. The van der Waals surface area contributed by atoms with E-state index in [2.05, 4.69) is 15.3 Å². The third-order valence-electron chi connectivity index (χ3n) is 2.33. The molecule has 0 bridgehead atoms. The Kier molecular flexibility index (Phi) is 4.78. The summed E-state index contributed by atoms with van der Waals surface area (Å²) in [4.78, 5) is 17.8. The molecular formula is C10H17N3O3. The highest BCUT2D eigenvalue weighted by molar-refractivity contribution is 5.48. The number of nitrogens with one attached hydrogen (secondary N) is 2. The summed E-state index contributed by atoms with van der Waals surface area (Å²) in [7, 11) is 1.42. The first-order valence-electron chi connectivity index (χ1n) is 5.22. The van der Waals surface area contributed by atoms with E-state index in [0.29, 0.717) is 12.2 Å². The normalized spacial score (nSPS) is 12.2. The molecule has 1 atom stereocenters. The molecule has 0 radical (unpaired) electrons. The number of ether oxygens (including phenoxy) is 1. The lowest BCUT2D eigenvalue weighted by atomic mass is 10.1. The third-order valence-corrected chi connectivity index (χ3v) is 2.33. The summed E-state index contributed by atoms with van der Waals surface area (Å²) in [6.45, 7) is 2.09. The van der Waals surface area contributed by atoms with E-state index in [1.807, 2.05) is 6.92 Å². The minimum atomic E-state index is -0.321. The quantitative estimate of drug-likeness (QED) is 0.652. The van der Waals surface area contributed by atoms with Gasteiger partial charge in [-0.05, 0) is 12.8 Å². The molecule has 0 amide bonds. The maximum atomic E-state index is 11.4. The largest absolute Gasteiger partial charge is 0.489 e. The smallest absolute Gasteiger partial charge is 0.295 e. The Balaban J connectivity index is 2.87. The highest BCUT2D eigenvalue weighted by Gasteiger charge is 2.12. The average Bonchev–Trinajstić information content (AvgIpc) is 2.28. The van der Waals surface area contributed by atoms with Crippen LogP contribution in [0, 0.1) is 0 Å². The lowest BCUT2D eigenvalue weighted by Gasteiger charge is -2.17. The summed E-state index contributed by atoms with van der Waals surface area (Å²) in [5.41, 5.74) is -0.321. The second kappa shape index (κ2) is 6.12. The van der Waals surface area contributed by atoms with Crippen LogP contribution in [0.1, 0.15) is 19.8 Å². The molecule has 3 N–H and O–H groups in total. The maximum absolute atomic E-state index is 11.4. The van der Waals surface area contributed by atoms with Crippen molar-refractivity contribution in [1.82, 2.24) is 9.97 Å². The fourth-order valence-corrected chi connectivity index (χ4v) is 1.41. The molecule has 6 nitrogen and oxygen atoms in total. The molecule has 16 heavy (non-hydrogen) atoms. The fourth-order valence-electron chi connectivity index (χ4n) is 1.41. The summed E-state index contributed by atoms with van der Waals surface area (Å²) >= 11 is 0. The van der Waals surface area contributed by atoms with Gasteiger partial charge in [0.05, 0.1) is 13.4 Å². The minimum absolute atomic E-state index is 0.0770. The molecule has 0 saturated heterocycles. The molecule has 1 aromatic rings. The molecule has 6 heteroatoms. The van der Waals surface area contributed by atoms with Crippen molar-refractivity contribution in [1.29, 1.82) is 0 Å². The number of aromatic nitrogens is 2. The number of H-pyrrole nitrogens is 1. The van der Waals surface area contributed by atoms with Gasteiger partial charge in [0, 0.05) is 12.6 Å². The number of nitrogens with zero attached hydrogens (tertiary/aromatic N) is 1. The van der Waals surface area contributed by atoms with E-state index < -0.39 is 0 Å². The van der Waals surface area contributed by atoms with Crippen molar-refractivity contribution in [3.05, 3.63) is 16.7 Å². The summed E-state index contributed by atoms with van der Waals surface area (Å²) in [5, 5.41) is 11.9. The van der Waals surface area contributed by atoms with Crippen LogP contribution < -0.4 is 15.6 Å². The van der Waals surface area contributed by atoms with Gasteiger partial charge in [-0.2, -0.15) is 0 Å². The zero-order chi connectivity index (χ0) is 12.0. The zero-order valence-corrected chi connectivity index (χ0v) is 9.49. The topological polar surface area (TPSA) is 87.2 Å². The fraction of sp³-hybridized carbons (Fsp3) is 0.600. The SMILES string of the molecule is CCC(CCO)Nc1nc[nH]c(=O)c1OC. The lowest BCUT2D eigenvalue weighted by molar-refractivity contribution is 0.278. The van der Waals surface area contributed by atoms with E-state index in [1.54, 1.807) is 0 Å². The van der Waals surface area contributed by atoms with Gasteiger partial charge in [0.2, 0.25) is 5.75 Å². The van der Waals surface area contributed by atoms with Gasteiger partial charge in [-0.1, -0.05) is 6.92 Å². The predicted octanol–water partition coefficient (Wildman–Crippen LogP) is 0.351. The number of hydrogen-bond donors (Lipinski definition) is 3. The average molecular weight is 227 g/mol. The number of anilines is 1. The first kappa shape index (κ1) is 12.5. The number of aliphatic hydroxyl groups is 1. The monoisotopic (exact) mass is 227 g/mol. The van der Waals surface area contributed by atoms with Crippen LogP contribution in [0.15, 0.2) is 11.1 Å². The van der Waals surface area contributed by atoms with Gasteiger partial charge in [-0.15, -0.1) is 0 Å². The van der Waals surface area contributed by atoms with Gasteiger partial charge in [-0.25, -0.2) is 4.98 Å². The Morgan fingerprint density at radius 3 is 3.00 bits per heavy atom. The number of aromatic amines is 1. The van der Waals surface area contributed by atoms with E-state index >= 15 is 0 Å². The van der Waals surface area contributed by atoms with Crippen LogP contribution in [0.25, 0.3) is 0 Å². The minimum Gasteiger partial charge on any atom is -0.489 e. The molecule has 0 saturated carbocycles. The van der Waals surface area contributed by atoms with Gasteiger partial charge in [-0.3, -0.25) is 4.79 Å². The van der Waals surface area contributed by atoms with Crippen molar-refractivity contribution >= 4 is 5.82 Å². The third kappa shape index (κ3) is 2.96. The Labute approximate surface area is 93.7 Å². The molecule has 1 unspecified atom stereocenters. The van der Waals surface area contributed by atoms with Crippen molar-refractivity contribution in [2.24, 2.45) is 0 Å². The van der Waals surface area contributed by atoms with Crippen LogP contribution in [-0.2, 0) is 0 Å². The van der Waals surface area contributed by atoms with Crippen LogP contribution in [0.2, 0.25) is 0 Å². The van der Waals surface area contributed by atoms with Gasteiger partial charge >= 0.3 is 0 Å². The molecule has 1 rings (SSSR count). The first-order chi connectivity index (χ1) is 7.72. The van der Waals surface area contributed by atoms with Crippen molar-refractivity contribution in [2.75, 3.05) is 19.0 Å². The molecule has 0 aliphatic heterocycles. The molecule has 0 aliphatic carbocycles. The van der Waals surface area contributed by atoms with E-state index in [-0.39, 0.29) is 24.0 Å². The molecule has 0 aromatic carbocycles. The highest BCUT2D eigenvalue weighted by atomic mass is 16.5. The number of methoxy groups -OCH3 is 1. The lowest BCUT2D eigenvalue weighted by Crippen LogP contribution is -2.23. The summed E-state index contributed by atoms with van der Waals surface area (Å²) in [6, 6.07) is 0.0770. The van der Waals surface area contributed by atoms with Crippen LogP contribution in [0.5, 0.6) is 5.75 Å². The van der Waals surface area contributed by atoms with Crippen LogP contribution in [-0.4, -0.2) is 34.8 Å². The van der Waals surface area contributed by atoms with Crippen LogP contribution in [0.3, 0.4) is 0 Å². The predicted molar refractivity (Wildman–Crippen MR) is 60.8 cm³/mol. The van der Waals surface area contributed by atoms with Crippen molar-refractivity contribution in [3.63, 3.8) is 0 Å². The van der Waals surface area contributed by atoms with E-state index in [1.165, 1.54) is 13.4 Å². The van der Waals surface area contributed by atoms with Crippen LogP contribution >= 0.6 is 0 Å². The second-order valence-corrected chi connectivity index (χ2v) is 3.38. The van der Waals surface area contributed by atoms with Gasteiger partial charge in [0.15, 0.2) is 5.82 Å². The van der Waals surface area contributed by atoms with Crippen molar-refractivity contribution in [3.8, 4) is 5.75 Å². The first-order valence-corrected chi connectivity index (χ1v) is 5.22. The van der Waals surface area contributed by atoms with E-state index in [9.17, 15) is 4.79 Å². The van der Waals surface area contributed by atoms with Crippen molar-refractivity contribution < 1.29 is 9.84 Å². The van der Waals surface area contributed by atoms with E-state index in [4.69, 9.17) is 9.84 Å². The zero-order valence-electron chi connectivity index (χ0n) is 9.49. The maximum Gasteiger partial charge on any atom is 0.295 e. The van der Waals surface area contributed by atoms with Crippen LogP contribution in [0.4, 0.5) is 5.82 Å². The summed E-state index contributed by atoms with van der Waals surface area (Å²) in [6.07, 6.45) is 2.76. The second-order valence-electron chi connectivity index (χ2n) is 3.38. The van der Waals surface area contributed by atoms with Crippen molar-refractivity contribution in [2.45, 2.75) is 25.8 Å². The highest BCUT2D eigenvalue weighted by Crippen LogP contribution is 2.17. The molecule has 0 fully saturated rings. The Bertz CT molecular complexity index is 378. The molecule has 1 heterocycles. The molecule has 0 aliphatic rings. The van der Waals surface area contributed by atoms with Gasteiger partial charge in [0.1, 0.15) is 0 Å². The summed E-state index contributed by atoms with van der Waals surface area (Å²) in [5.74, 6) is 0.574. The number of hydrogen-bond acceptors (Lipinski definition) is 5. The molecule has 1 aromatic heterocycles.